The maximum absolute atomic E-state index is 12.4. The van der Waals surface area contributed by atoms with Gasteiger partial charge in [-0.2, -0.15) is 4.31 Å². The van der Waals surface area contributed by atoms with Crippen LogP contribution in [0, 0.1) is 0 Å². The Morgan fingerprint density at radius 3 is 2.65 bits per heavy atom. The van der Waals surface area contributed by atoms with E-state index in [9.17, 15) is 8.42 Å². The van der Waals surface area contributed by atoms with Gasteiger partial charge in [-0.25, -0.2) is 8.42 Å². The lowest BCUT2D eigenvalue weighted by Gasteiger charge is -2.34. The molecule has 0 saturated carbocycles. The van der Waals surface area contributed by atoms with Gasteiger partial charge < -0.3 is 20.5 Å². The summed E-state index contributed by atoms with van der Waals surface area (Å²) in [5.74, 6) is 0.252. The van der Waals surface area contributed by atoms with Gasteiger partial charge in [0.05, 0.1) is 30.6 Å². The quantitative estimate of drug-likeness (QED) is 0.495. The van der Waals surface area contributed by atoms with Crippen molar-refractivity contribution >= 4 is 16.0 Å². The Balaban J connectivity index is 1.74. The average Bonchev–Trinajstić information content (AvgIpc) is 2.97. The van der Waals surface area contributed by atoms with Gasteiger partial charge in [-0.05, 0) is 26.7 Å². The fourth-order valence-electron chi connectivity index (χ4n) is 2.84. The summed E-state index contributed by atoms with van der Waals surface area (Å²) in [7, 11) is -3.32. The highest BCUT2D eigenvalue weighted by Gasteiger charge is 2.30. The Morgan fingerprint density at radius 2 is 2.04 bits per heavy atom. The van der Waals surface area contributed by atoms with Crippen molar-refractivity contribution in [3.63, 3.8) is 0 Å². The van der Waals surface area contributed by atoms with Gasteiger partial charge in [-0.3, -0.25) is 4.99 Å². The molecule has 9 heteroatoms. The number of ether oxygens (including phenoxy) is 2. The van der Waals surface area contributed by atoms with Gasteiger partial charge in [0.25, 0.3) is 0 Å². The molecular weight excluding hydrogens is 320 g/mol. The first-order chi connectivity index (χ1) is 10.9. The minimum absolute atomic E-state index is 0.0113. The first-order valence-corrected chi connectivity index (χ1v) is 9.76. The van der Waals surface area contributed by atoms with Crippen LogP contribution in [0.1, 0.15) is 26.7 Å². The number of morpholine rings is 1. The number of sulfonamides is 1. The number of aliphatic imine (C=N–C) groups is 1. The van der Waals surface area contributed by atoms with E-state index in [1.807, 2.05) is 13.8 Å². The van der Waals surface area contributed by atoms with Gasteiger partial charge in [0.2, 0.25) is 10.0 Å². The number of nitrogens with one attached hydrogen (secondary N) is 1. The maximum atomic E-state index is 12.4. The van der Waals surface area contributed by atoms with E-state index in [1.165, 1.54) is 4.31 Å². The summed E-state index contributed by atoms with van der Waals surface area (Å²) < 4.78 is 37.2. The summed E-state index contributed by atoms with van der Waals surface area (Å²) in [6.45, 7) is 6.10. The standard InChI is InChI=1S/C14H28N4O4S/c1-11-9-18(10-12(2)22-11)23(19,20)7-5-16-14(15)17-8-13-4-3-6-21-13/h11-13H,3-10H2,1-2H3,(H3,15,16,17)/t11-,12-,13+/m1/s1. The van der Waals surface area contributed by atoms with Crippen LogP contribution in [0.15, 0.2) is 4.99 Å². The molecule has 0 aromatic carbocycles. The fourth-order valence-corrected chi connectivity index (χ4v) is 4.33. The first-order valence-electron chi connectivity index (χ1n) is 8.15. The second-order valence-corrected chi connectivity index (χ2v) is 8.27. The van der Waals surface area contributed by atoms with Gasteiger partial charge in [0.15, 0.2) is 5.96 Å². The lowest BCUT2D eigenvalue weighted by molar-refractivity contribution is -0.0440. The molecule has 2 fully saturated rings. The number of rotatable bonds is 6. The predicted molar refractivity (Wildman–Crippen MR) is 88.8 cm³/mol. The lowest BCUT2D eigenvalue weighted by atomic mass is 10.2. The van der Waals surface area contributed by atoms with Gasteiger partial charge in [-0.1, -0.05) is 0 Å². The van der Waals surface area contributed by atoms with E-state index in [1.54, 1.807) is 0 Å². The van der Waals surface area contributed by atoms with Crippen molar-refractivity contribution < 1.29 is 17.9 Å². The van der Waals surface area contributed by atoms with Crippen molar-refractivity contribution in [2.24, 2.45) is 10.7 Å². The smallest absolute Gasteiger partial charge is 0.216 e. The Morgan fingerprint density at radius 1 is 1.35 bits per heavy atom. The van der Waals surface area contributed by atoms with Crippen LogP contribution in [0.4, 0.5) is 0 Å². The van der Waals surface area contributed by atoms with Crippen molar-refractivity contribution in [3.05, 3.63) is 0 Å². The molecular formula is C14H28N4O4S. The molecule has 8 nitrogen and oxygen atoms in total. The molecule has 0 spiro atoms. The maximum Gasteiger partial charge on any atom is 0.216 e. The summed E-state index contributed by atoms with van der Waals surface area (Å²) in [5.41, 5.74) is 5.76. The Hall–Kier alpha value is -0.900. The average molecular weight is 348 g/mol. The normalized spacial score (nSPS) is 30.5. The van der Waals surface area contributed by atoms with Gasteiger partial charge in [0, 0.05) is 26.2 Å². The third-order valence-electron chi connectivity index (χ3n) is 3.93. The molecule has 3 N–H and O–H groups in total. The second-order valence-electron chi connectivity index (χ2n) is 6.18. The number of hydrogen-bond acceptors (Lipinski definition) is 5. The highest BCUT2D eigenvalue weighted by Crippen LogP contribution is 2.14. The molecule has 23 heavy (non-hydrogen) atoms. The van der Waals surface area contributed by atoms with Gasteiger partial charge in [-0.15, -0.1) is 0 Å². The Bertz CT molecular complexity index is 495. The van der Waals surface area contributed by atoms with E-state index in [0.717, 1.165) is 19.4 Å². The monoisotopic (exact) mass is 348 g/mol. The highest BCUT2D eigenvalue weighted by molar-refractivity contribution is 7.89. The van der Waals surface area contributed by atoms with Crippen LogP contribution in [0.5, 0.6) is 0 Å². The molecule has 0 aromatic heterocycles. The fraction of sp³-hybridized carbons (Fsp3) is 0.929. The summed E-state index contributed by atoms with van der Waals surface area (Å²) in [6, 6.07) is 0. The molecule has 0 aliphatic carbocycles. The molecule has 0 bridgehead atoms. The summed E-state index contributed by atoms with van der Waals surface area (Å²) in [5, 5.41) is 2.86. The van der Waals surface area contributed by atoms with Crippen LogP contribution in [-0.4, -0.2) is 75.5 Å². The molecule has 2 aliphatic rings. The zero-order chi connectivity index (χ0) is 16.9. The molecule has 2 aliphatic heterocycles. The molecule has 2 heterocycles. The van der Waals surface area contributed by atoms with Crippen molar-refractivity contribution in [3.8, 4) is 0 Å². The molecule has 0 aromatic rings. The molecule has 2 saturated heterocycles. The first kappa shape index (κ1) is 18.4. The molecule has 2 rings (SSSR count). The van der Waals surface area contributed by atoms with E-state index in [2.05, 4.69) is 10.3 Å². The van der Waals surface area contributed by atoms with E-state index in [0.29, 0.717) is 19.6 Å². The summed E-state index contributed by atoms with van der Waals surface area (Å²) in [4.78, 5) is 4.19. The van der Waals surface area contributed by atoms with E-state index < -0.39 is 10.0 Å². The summed E-state index contributed by atoms with van der Waals surface area (Å²) in [6.07, 6.45) is 2.02. The third kappa shape index (κ3) is 5.91. The molecule has 0 unspecified atom stereocenters. The largest absolute Gasteiger partial charge is 0.376 e. The SMILES string of the molecule is C[C@@H]1CN(S(=O)(=O)CCNC(N)=NC[C@@H]2CCCO2)C[C@@H](C)O1. The number of guanidine groups is 1. The second kappa shape index (κ2) is 8.27. The number of hydrogen-bond donors (Lipinski definition) is 2. The number of nitrogens with two attached hydrogens (primary N) is 1. The minimum Gasteiger partial charge on any atom is -0.376 e. The van der Waals surface area contributed by atoms with Gasteiger partial charge in [0.1, 0.15) is 0 Å². The zero-order valence-electron chi connectivity index (χ0n) is 13.9. The van der Waals surface area contributed by atoms with Crippen LogP contribution in [-0.2, 0) is 19.5 Å². The highest BCUT2D eigenvalue weighted by atomic mass is 32.2. The molecule has 0 radical (unpaired) electrons. The van der Waals surface area contributed by atoms with Crippen LogP contribution < -0.4 is 11.1 Å². The summed E-state index contributed by atoms with van der Waals surface area (Å²) >= 11 is 0. The van der Waals surface area contributed by atoms with Crippen LogP contribution in [0.25, 0.3) is 0 Å². The predicted octanol–water partition coefficient (Wildman–Crippen LogP) is -0.491. The third-order valence-corrected chi connectivity index (χ3v) is 5.74. The Labute approximate surface area is 138 Å². The van der Waals surface area contributed by atoms with Crippen molar-refractivity contribution in [1.82, 2.24) is 9.62 Å². The zero-order valence-corrected chi connectivity index (χ0v) is 14.7. The van der Waals surface area contributed by atoms with Crippen molar-refractivity contribution in [2.45, 2.75) is 45.0 Å². The molecule has 3 atom stereocenters. The van der Waals surface area contributed by atoms with E-state index >= 15 is 0 Å². The van der Waals surface area contributed by atoms with E-state index in [4.69, 9.17) is 15.2 Å². The van der Waals surface area contributed by atoms with Crippen molar-refractivity contribution in [1.29, 1.82) is 0 Å². The molecule has 0 amide bonds. The van der Waals surface area contributed by atoms with Crippen molar-refractivity contribution in [2.75, 3.05) is 38.5 Å². The van der Waals surface area contributed by atoms with Gasteiger partial charge >= 0.3 is 0 Å². The molecule has 134 valence electrons. The number of nitrogens with zero attached hydrogens (tertiary/aromatic N) is 2. The van der Waals surface area contributed by atoms with Crippen LogP contribution in [0.3, 0.4) is 0 Å². The van der Waals surface area contributed by atoms with Crippen LogP contribution >= 0.6 is 0 Å². The topological polar surface area (TPSA) is 106 Å². The lowest BCUT2D eigenvalue weighted by Crippen LogP contribution is -2.50. The minimum atomic E-state index is -3.32. The van der Waals surface area contributed by atoms with E-state index in [-0.39, 0.29) is 36.6 Å². The Kier molecular flexibility index (Phi) is 6.63. The van der Waals surface area contributed by atoms with Crippen LogP contribution in [0.2, 0.25) is 0 Å².